The molecule has 174 valence electrons. The quantitative estimate of drug-likeness (QED) is 0.418. The summed E-state index contributed by atoms with van der Waals surface area (Å²) in [6, 6.07) is 8.46. The molecule has 8 nitrogen and oxygen atoms in total. The van der Waals surface area contributed by atoms with Crippen molar-refractivity contribution in [1.29, 1.82) is 0 Å². The SMILES string of the molecule is CCC(=O)CCN(NC(=O)[C@H](CC(C)C)N(C)C(=O)c1cc2ccccc2[nH]1)C(=O)CCl. The monoisotopic (exact) mass is 462 g/mol. The fraction of sp³-hybridized carbons (Fsp3) is 0.478. The van der Waals surface area contributed by atoms with Crippen molar-refractivity contribution >= 4 is 46.0 Å². The summed E-state index contributed by atoms with van der Waals surface area (Å²) in [5.74, 6) is -1.61. The fourth-order valence-electron chi connectivity index (χ4n) is 3.34. The molecule has 9 heteroatoms. The van der Waals surface area contributed by atoms with Crippen molar-refractivity contribution in [2.75, 3.05) is 19.5 Å². The van der Waals surface area contributed by atoms with Gasteiger partial charge in [0.2, 0.25) is 0 Å². The van der Waals surface area contributed by atoms with Crippen molar-refractivity contribution in [3.05, 3.63) is 36.0 Å². The van der Waals surface area contributed by atoms with Crippen LogP contribution in [0.1, 0.15) is 50.5 Å². The summed E-state index contributed by atoms with van der Waals surface area (Å²) >= 11 is 5.68. The number of hydrogen-bond donors (Lipinski definition) is 2. The second-order valence-electron chi connectivity index (χ2n) is 8.13. The third kappa shape index (κ3) is 6.56. The highest BCUT2D eigenvalue weighted by Gasteiger charge is 2.31. The molecule has 1 aromatic carbocycles. The van der Waals surface area contributed by atoms with Crippen LogP contribution in [0.25, 0.3) is 10.9 Å². The van der Waals surface area contributed by atoms with E-state index in [2.05, 4.69) is 10.4 Å². The maximum atomic E-state index is 13.1. The molecule has 0 aliphatic rings. The first-order chi connectivity index (χ1) is 15.2. The minimum Gasteiger partial charge on any atom is -0.351 e. The number of Topliss-reactive ketones (excluding diaryl/α,β-unsaturated/α-hetero) is 1. The van der Waals surface area contributed by atoms with Gasteiger partial charge in [0, 0.05) is 37.3 Å². The number of halogens is 1. The van der Waals surface area contributed by atoms with E-state index < -0.39 is 17.9 Å². The first-order valence-electron chi connectivity index (χ1n) is 10.7. The van der Waals surface area contributed by atoms with Crippen molar-refractivity contribution < 1.29 is 19.2 Å². The van der Waals surface area contributed by atoms with Crippen molar-refractivity contribution in [3.8, 4) is 0 Å². The third-order valence-corrected chi connectivity index (χ3v) is 5.44. The number of hydrogen-bond acceptors (Lipinski definition) is 4. The molecule has 0 fully saturated rings. The van der Waals surface area contributed by atoms with E-state index in [0.717, 1.165) is 15.9 Å². The number of nitrogens with one attached hydrogen (secondary N) is 2. The van der Waals surface area contributed by atoms with E-state index >= 15 is 0 Å². The number of amides is 3. The van der Waals surface area contributed by atoms with Crippen LogP contribution in [0.5, 0.6) is 0 Å². The van der Waals surface area contributed by atoms with Crippen LogP contribution >= 0.6 is 11.6 Å². The van der Waals surface area contributed by atoms with Gasteiger partial charge in [-0.25, -0.2) is 0 Å². The van der Waals surface area contributed by atoms with Crippen LogP contribution in [-0.4, -0.2) is 63.9 Å². The van der Waals surface area contributed by atoms with E-state index in [9.17, 15) is 19.2 Å². The Hall–Kier alpha value is -2.87. The Kier molecular flexibility index (Phi) is 9.26. The highest BCUT2D eigenvalue weighted by molar-refractivity contribution is 6.27. The van der Waals surface area contributed by atoms with Gasteiger partial charge < -0.3 is 9.88 Å². The molecule has 1 heterocycles. The van der Waals surface area contributed by atoms with Crippen molar-refractivity contribution in [2.45, 2.75) is 46.1 Å². The number of aromatic amines is 1. The van der Waals surface area contributed by atoms with E-state index in [4.69, 9.17) is 11.6 Å². The molecule has 1 aromatic heterocycles. The molecule has 3 amide bonds. The molecular formula is C23H31ClN4O4. The predicted molar refractivity (Wildman–Crippen MR) is 124 cm³/mol. The van der Waals surface area contributed by atoms with Gasteiger partial charge in [-0.3, -0.25) is 29.6 Å². The molecule has 0 saturated heterocycles. The van der Waals surface area contributed by atoms with Gasteiger partial charge in [-0.15, -0.1) is 11.6 Å². The fourth-order valence-corrected chi connectivity index (χ4v) is 3.49. The molecule has 32 heavy (non-hydrogen) atoms. The van der Waals surface area contributed by atoms with Crippen LogP contribution < -0.4 is 5.43 Å². The van der Waals surface area contributed by atoms with Gasteiger partial charge in [0.25, 0.3) is 17.7 Å². The summed E-state index contributed by atoms with van der Waals surface area (Å²) < 4.78 is 0. The lowest BCUT2D eigenvalue weighted by atomic mass is 10.0. The number of nitrogens with zero attached hydrogens (tertiary/aromatic N) is 2. The van der Waals surface area contributed by atoms with Gasteiger partial charge >= 0.3 is 0 Å². The maximum Gasteiger partial charge on any atom is 0.270 e. The number of rotatable bonds is 10. The first kappa shape index (κ1) is 25.4. The Bertz CT molecular complexity index is 939. The second-order valence-corrected chi connectivity index (χ2v) is 8.40. The largest absolute Gasteiger partial charge is 0.351 e. The van der Waals surface area contributed by atoms with Crippen molar-refractivity contribution in [1.82, 2.24) is 20.3 Å². The standard InChI is InChI=1S/C23H31ClN4O4/c1-5-17(29)10-11-28(21(30)14-24)26-22(31)20(12-15(2)3)27(4)23(32)19-13-16-8-6-7-9-18(16)25-19/h6-9,13,15,20,25H,5,10-12,14H2,1-4H3,(H,26,31)/t20-/m0/s1. The Morgan fingerprint density at radius 1 is 1.16 bits per heavy atom. The predicted octanol–water partition coefficient (Wildman–Crippen LogP) is 3.12. The van der Waals surface area contributed by atoms with Gasteiger partial charge in [0.15, 0.2) is 0 Å². The Morgan fingerprint density at radius 2 is 1.84 bits per heavy atom. The van der Waals surface area contributed by atoms with Crippen LogP contribution in [-0.2, 0) is 14.4 Å². The molecule has 2 aromatic rings. The highest BCUT2D eigenvalue weighted by atomic mass is 35.5. The van der Waals surface area contributed by atoms with E-state index in [1.54, 1.807) is 20.0 Å². The number of hydrazine groups is 1. The third-order valence-electron chi connectivity index (χ3n) is 5.21. The topological polar surface area (TPSA) is 103 Å². The number of alkyl halides is 1. The molecule has 0 saturated carbocycles. The average Bonchev–Trinajstić information content (AvgIpc) is 3.22. The maximum absolute atomic E-state index is 13.1. The molecule has 2 rings (SSSR count). The van der Waals surface area contributed by atoms with Crippen molar-refractivity contribution in [3.63, 3.8) is 0 Å². The zero-order valence-electron chi connectivity index (χ0n) is 19.0. The zero-order valence-corrected chi connectivity index (χ0v) is 19.7. The first-order valence-corrected chi connectivity index (χ1v) is 11.2. The van der Waals surface area contributed by atoms with E-state index in [-0.39, 0.29) is 36.5 Å². The minimum absolute atomic E-state index is 0.0258. The summed E-state index contributed by atoms with van der Waals surface area (Å²) in [6.07, 6.45) is 0.845. The number of carbonyl (C=O) groups is 4. The number of aromatic nitrogens is 1. The number of likely N-dealkylation sites (N-methyl/N-ethyl adjacent to an activating group) is 1. The summed E-state index contributed by atoms with van der Waals surface area (Å²) in [5, 5.41) is 1.96. The average molecular weight is 463 g/mol. The van der Waals surface area contributed by atoms with Crippen LogP contribution in [0.15, 0.2) is 30.3 Å². The summed E-state index contributed by atoms with van der Waals surface area (Å²) in [5.41, 5.74) is 3.77. The van der Waals surface area contributed by atoms with E-state index in [1.165, 1.54) is 4.90 Å². The van der Waals surface area contributed by atoms with E-state index in [0.29, 0.717) is 18.5 Å². The number of fused-ring (bicyclic) bond motifs is 1. The van der Waals surface area contributed by atoms with Crippen LogP contribution in [0, 0.1) is 5.92 Å². The van der Waals surface area contributed by atoms with Gasteiger partial charge in [0.1, 0.15) is 23.4 Å². The molecule has 0 unspecified atom stereocenters. The molecule has 0 radical (unpaired) electrons. The lowest BCUT2D eigenvalue weighted by Crippen LogP contribution is -2.55. The molecule has 2 N–H and O–H groups in total. The molecule has 0 bridgehead atoms. The van der Waals surface area contributed by atoms with Crippen LogP contribution in [0.2, 0.25) is 0 Å². The summed E-state index contributed by atoms with van der Waals surface area (Å²) in [4.78, 5) is 54.6. The lowest BCUT2D eigenvalue weighted by Gasteiger charge is -2.31. The Labute approximate surface area is 193 Å². The van der Waals surface area contributed by atoms with Crippen LogP contribution in [0.4, 0.5) is 0 Å². The minimum atomic E-state index is -0.818. The van der Waals surface area contributed by atoms with Gasteiger partial charge in [-0.2, -0.15) is 0 Å². The number of para-hydroxylation sites is 1. The zero-order chi connectivity index (χ0) is 23.8. The highest BCUT2D eigenvalue weighted by Crippen LogP contribution is 2.18. The molecule has 0 aliphatic heterocycles. The van der Waals surface area contributed by atoms with Gasteiger partial charge in [0.05, 0.1) is 0 Å². The Balaban J connectivity index is 2.21. The number of benzene rings is 1. The smallest absolute Gasteiger partial charge is 0.270 e. The molecule has 0 aliphatic carbocycles. The number of H-pyrrole nitrogens is 1. The van der Waals surface area contributed by atoms with Crippen molar-refractivity contribution in [2.24, 2.45) is 5.92 Å². The Morgan fingerprint density at radius 3 is 2.44 bits per heavy atom. The molecular weight excluding hydrogens is 432 g/mol. The summed E-state index contributed by atoms with van der Waals surface area (Å²) in [7, 11) is 1.56. The normalized spacial score (nSPS) is 11.9. The van der Waals surface area contributed by atoms with Gasteiger partial charge in [-0.05, 0) is 24.5 Å². The number of carbonyl (C=O) groups excluding carboxylic acids is 4. The van der Waals surface area contributed by atoms with E-state index in [1.807, 2.05) is 38.1 Å². The van der Waals surface area contributed by atoms with Gasteiger partial charge in [-0.1, -0.05) is 39.0 Å². The molecule has 1 atom stereocenters. The lowest BCUT2D eigenvalue weighted by molar-refractivity contribution is -0.142. The second kappa shape index (κ2) is 11.7. The summed E-state index contributed by atoms with van der Waals surface area (Å²) in [6.45, 7) is 5.65. The number of ketones is 1. The van der Waals surface area contributed by atoms with Crippen LogP contribution in [0.3, 0.4) is 0 Å². The molecule has 0 spiro atoms.